The molecular formula is C21H18FN3OS. The molecule has 2 heterocycles. The molecule has 0 saturated carbocycles. The molecule has 0 fully saturated rings. The zero-order valence-corrected chi connectivity index (χ0v) is 15.6. The van der Waals surface area contributed by atoms with Crippen LogP contribution in [0.25, 0.3) is 10.1 Å². The van der Waals surface area contributed by atoms with Gasteiger partial charge in [-0.2, -0.15) is 5.10 Å². The fourth-order valence-electron chi connectivity index (χ4n) is 3.01. The first-order valence-corrected chi connectivity index (χ1v) is 9.40. The lowest BCUT2D eigenvalue weighted by atomic mass is 10.2. The van der Waals surface area contributed by atoms with E-state index < -0.39 is 0 Å². The van der Waals surface area contributed by atoms with Gasteiger partial charge in [-0.15, -0.1) is 11.3 Å². The normalized spacial score (nSPS) is 11.0. The SMILES string of the molecule is CN(Cc1cnn(Cc2ccccc2)c1)C(=O)c1cc2c(F)cccc2s1. The van der Waals surface area contributed by atoms with Crippen molar-refractivity contribution in [2.24, 2.45) is 0 Å². The van der Waals surface area contributed by atoms with Gasteiger partial charge >= 0.3 is 0 Å². The van der Waals surface area contributed by atoms with Crippen LogP contribution in [0.4, 0.5) is 4.39 Å². The van der Waals surface area contributed by atoms with Crippen LogP contribution in [0.5, 0.6) is 0 Å². The summed E-state index contributed by atoms with van der Waals surface area (Å²) in [5.41, 5.74) is 2.12. The highest BCUT2D eigenvalue weighted by molar-refractivity contribution is 7.20. The first-order valence-electron chi connectivity index (χ1n) is 8.59. The van der Waals surface area contributed by atoms with Crippen LogP contribution in [0.1, 0.15) is 20.8 Å². The van der Waals surface area contributed by atoms with E-state index in [2.05, 4.69) is 17.2 Å². The molecule has 0 bridgehead atoms. The molecule has 0 atom stereocenters. The minimum absolute atomic E-state index is 0.119. The average molecular weight is 379 g/mol. The fraction of sp³-hybridized carbons (Fsp3) is 0.143. The number of carbonyl (C=O) groups excluding carboxylic acids is 1. The highest BCUT2D eigenvalue weighted by Crippen LogP contribution is 2.28. The molecule has 0 aliphatic heterocycles. The van der Waals surface area contributed by atoms with E-state index in [0.29, 0.717) is 23.4 Å². The van der Waals surface area contributed by atoms with Crippen LogP contribution in [-0.2, 0) is 13.1 Å². The van der Waals surface area contributed by atoms with Crippen LogP contribution in [0.3, 0.4) is 0 Å². The highest BCUT2D eigenvalue weighted by Gasteiger charge is 2.17. The number of amides is 1. The molecular weight excluding hydrogens is 361 g/mol. The maximum absolute atomic E-state index is 13.9. The van der Waals surface area contributed by atoms with Crippen molar-refractivity contribution in [2.75, 3.05) is 7.05 Å². The van der Waals surface area contributed by atoms with E-state index >= 15 is 0 Å². The summed E-state index contributed by atoms with van der Waals surface area (Å²) in [5.74, 6) is -0.418. The second kappa shape index (κ2) is 7.32. The number of thiophene rings is 1. The minimum atomic E-state index is -0.298. The van der Waals surface area contributed by atoms with Crippen LogP contribution in [-0.4, -0.2) is 27.6 Å². The molecule has 2 aromatic carbocycles. The van der Waals surface area contributed by atoms with Gasteiger partial charge in [0.25, 0.3) is 5.91 Å². The third-order valence-electron chi connectivity index (χ3n) is 4.36. The summed E-state index contributed by atoms with van der Waals surface area (Å²) >= 11 is 1.31. The van der Waals surface area contributed by atoms with Crippen LogP contribution in [0, 0.1) is 5.82 Å². The first-order chi connectivity index (χ1) is 13.1. The summed E-state index contributed by atoms with van der Waals surface area (Å²) in [4.78, 5) is 14.9. The average Bonchev–Trinajstić information content (AvgIpc) is 3.29. The third kappa shape index (κ3) is 3.75. The Balaban J connectivity index is 1.46. The van der Waals surface area contributed by atoms with Crippen LogP contribution in [0.15, 0.2) is 67.0 Å². The molecule has 0 unspecified atom stereocenters. The monoisotopic (exact) mass is 379 g/mol. The fourth-order valence-corrected chi connectivity index (χ4v) is 4.08. The van der Waals surface area contributed by atoms with Gasteiger partial charge in [0.05, 0.1) is 17.6 Å². The van der Waals surface area contributed by atoms with Crippen molar-refractivity contribution in [1.82, 2.24) is 14.7 Å². The van der Waals surface area contributed by atoms with Gasteiger partial charge in [-0.05, 0) is 23.8 Å². The van der Waals surface area contributed by atoms with Crippen LogP contribution in [0.2, 0.25) is 0 Å². The summed E-state index contributed by atoms with van der Waals surface area (Å²) in [6.45, 7) is 1.14. The van der Waals surface area contributed by atoms with Gasteiger partial charge in [-0.3, -0.25) is 9.48 Å². The van der Waals surface area contributed by atoms with Crippen LogP contribution >= 0.6 is 11.3 Å². The second-order valence-electron chi connectivity index (χ2n) is 6.46. The summed E-state index contributed by atoms with van der Waals surface area (Å²) in [5, 5.41) is 4.87. The van der Waals surface area contributed by atoms with Crippen molar-refractivity contribution >= 4 is 27.3 Å². The summed E-state index contributed by atoms with van der Waals surface area (Å²) in [7, 11) is 1.75. The van der Waals surface area contributed by atoms with Gasteiger partial charge in [0.1, 0.15) is 5.82 Å². The van der Waals surface area contributed by atoms with E-state index in [1.165, 1.54) is 23.0 Å². The molecule has 2 aromatic heterocycles. The maximum atomic E-state index is 13.9. The zero-order valence-electron chi connectivity index (χ0n) is 14.8. The van der Waals surface area contributed by atoms with E-state index in [1.54, 1.807) is 30.3 Å². The quantitative estimate of drug-likeness (QED) is 0.510. The summed E-state index contributed by atoms with van der Waals surface area (Å²) < 4.78 is 16.5. The number of halogens is 1. The molecule has 0 aliphatic rings. The number of aromatic nitrogens is 2. The van der Waals surface area contributed by atoms with Crippen LogP contribution < -0.4 is 0 Å². The largest absolute Gasteiger partial charge is 0.337 e. The first kappa shape index (κ1) is 17.4. The Morgan fingerprint density at radius 2 is 1.96 bits per heavy atom. The lowest BCUT2D eigenvalue weighted by Gasteiger charge is -2.14. The van der Waals surface area contributed by atoms with Crippen molar-refractivity contribution in [3.8, 4) is 0 Å². The summed E-state index contributed by atoms with van der Waals surface area (Å²) in [6.07, 6.45) is 3.72. The predicted octanol–water partition coefficient (Wildman–Crippen LogP) is 4.56. The molecule has 4 nitrogen and oxygen atoms in total. The summed E-state index contributed by atoms with van der Waals surface area (Å²) in [6, 6.07) is 16.6. The van der Waals surface area contributed by atoms with Gasteiger partial charge in [0.2, 0.25) is 0 Å². The van der Waals surface area contributed by atoms with Gasteiger partial charge in [0.15, 0.2) is 0 Å². The lowest BCUT2D eigenvalue weighted by molar-refractivity contribution is 0.0790. The third-order valence-corrected chi connectivity index (χ3v) is 5.45. The number of benzene rings is 2. The van der Waals surface area contributed by atoms with Crippen molar-refractivity contribution < 1.29 is 9.18 Å². The molecule has 0 spiro atoms. The van der Waals surface area contributed by atoms with Gasteiger partial charge in [-0.25, -0.2) is 4.39 Å². The highest BCUT2D eigenvalue weighted by atomic mass is 32.1. The molecule has 27 heavy (non-hydrogen) atoms. The number of nitrogens with zero attached hydrogens (tertiary/aromatic N) is 3. The number of hydrogen-bond donors (Lipinski definition) is 0. The van der Waals surface area contributed by atoms with Gasteiger partial charge in [0, 0.05) is 35.4 Å². The van der Waals surface area contributed by atoms with E-state index in [0.717, 1.165) is 10.3 Å². The van der Waals surface area contributed by atoms with Crippen molar-refractivity contribution in [3.05, 3.63) is 88.8 Å². The predicted molar refractivity (Wildman–Crippen MR) is 105 cm³/mol. The molecule has 136 valence electrons. The second-order valence-corrected chi connectivity index (χ2v) is 7.54. The Morgan fingerprint density at radius 1 is 1.15 bits per heavy atom. The van der Waals surface area contributed by atoms with Crippen molar-refractivity contribution in [2.45, 2.75) is 13.1 Å². The molecule has 0 N–H and O–H groups in total. The smallest absolute Gasteiger partial charge is 0.264 e. The Morgan fingerprint density at radius 3 is 2.74 bits per heavy atom. The molecule has 0 aliphatic carbocycles. The Labute approximate surface area is 160 Å². The van der Waals surface area contributed by atoms with E-state index in [9.17, 15) is 9.18 Å². The van der Waals surface area contributed by atoms with Gasteiger partial charge < -0.3 is 4.90 Å². The molecule has 4 rings (SSSR count). The molecule has 0 saturated heterocycles. The minimum Gasteiger partial charge on any atom is -0.337 e. The maximum Gasteiger partial charge on any atom is 0.264 e. The number of rotatable bonds is 5. The standard InChI is InChI=1S/C21H18FN3OS/c1-24(21(26)20-10-17-18(22)8-5-9-19(17)27-20)12-16-11-23-25(14-16)13-15-6-3-2-4-7-15/h2-11,14H,12-13H2,1H3. The Hall–Kier alpha value is -2.99. The molecule has 4 aromatic rings. The van der Waals surface area contributed by atoms with E-state index in [-0.39, 0.29) is 11.7 Å². The van der Waals surface area contributed by atoms with E-state index in [1.807, 2.05) is 35.1 Å². The van der Waals surface area contributed by atoms with Gasteiger partial charge in [-0.1, -0.05) is 36.4 Å². The van der Waals surface area contributed by atoms with Crippen molar-refractivity contribution in [1.29, 1.82) is 0 Å². The molecule has 0 radical (unpaired) electrons. The zero-order chi connectivity index (χ0) is 18.8. The topological polar surface area (TPSA) is 38.1 Å². The van der Waals surface area contributed by atoms with Crippen molar-refractivity contribution in [3.63, 3.8) is 0 Å². The van der Waals surface area contributed by atoms with E-state index in [4.69, 9.17) is 0 Å². The molecule has 6 heteroatoms. The Bertz CT molecular complexity index is 1090. The Kier molecular flexibility index (Phi) is 4.73. The lowest BCUT2D eigenvalue weighted by Crippen LogP contribution is -2.25. The molecule has 1 amide bonds. The number of fused-ring (bicyclic) bond motifs is 1. The number of carbonyl (C=O) groups is 1. The number of hydrogen-bond acceptors (Lipinski definition) is 3.